The van der Waals surface area contributed by atoms with E-state index < -0.39 is 5.97 Å². The highest BCUT2D eigenvalue weighted by molar-refractivity contribution is 9.10. The van der Waals surface area contributed by atoms with Gasteiger partial charge in [0.2, 0.25) is 0 Å². The fourth-order valence-corrected chi connectivity index (χ4v) is 1.98. The summed E-state index contributed by atoms with van der Waals surface area (Å²) in [5, 5.41) is 11.4. The van der Waals surface area contributed by atoms with Crippen molar-refractivity contribution in [3.8, 4) is 0 Å². The average Bonchev–Trinajstić information content (AvgIpc) is 2.47. The van der Waals surface area contributed by atoms with Gasteiger partial charge < -0.3 is 10.4 Å². The first-order valence-corrected chi connectivity index (χ1v) is 6.92. The zero-order valence-corrected chi connectivity index (χ0v) is 12.5. The normalized spacial score (nSPS) is 10.5. The molecule has 0 saturated carbocycles. The van der Waals surface area contributed by atoms with Crippen LogP contribution in [0.2, 0.25) is 0 Å². The van der Waals surface area contributed by atoms with Crippen molar-refractivity contribution in [1.29, 1.82) is 0 Å². The van der Waals surface area contributed by atoms with Crippen molar-refractivity contribution in [2.75, 3.05) is 5.32 Å². The lowest BCUT2D eigenvalue weighted by atomic mass is 10.1. The van der Waals surface area contributed by atoms with E-state index in [2.05, 4.69) is 21.2 Å². The smallest absolute Gasteiger partial charge is 0.328 e. The second-order valence-corrected chi connectivity index (χ2v) is 5.14. The van der Waals surface area contributed by atoms with Crippen LogP contribution in [-0.2, 0) is 4.79 Å². The summed E-state index contributed by atoms with van der Waals surface area (Å²) >= 11 is 3.31. The van der Waals surface area contributed by atoms with Crippen molar-refractivity contribution in [3.05, 3.63) is 70.2 Å². The van der Waals surface area contributed by atoms with Crippen molar-refractivity contribution >= 4 is 39.6 Å². The van der Waals surface area contributed by atoms with Crippen LogP contribution in [0.15, 0.2) is 59.1 Å². The van der Waals surface area contributed by atoms with Crippen molar-refractivity contribution < 1.29 is 14.7 Å². The van der Waals surface area contributed by atoms with E-state index in [1.807, 2.05) is 0 Å². The molecule has 0 aliphatic heterocycles. The number of benzene rings is 2. The maximum Gasteiger partial charge on any atom is 0.328 e. The lowest BCUT2D eigenvalue weighted by molar-refractivity contribution is -0.131. The number of carboxylic acids is 1. The third kappa shape index (κ3) is 4.29. The SMILES string of the molecule is O=C(O)/C=C/c1ccccc1NC(=O)c1ccc(Br)cc1. The maximum absolute atomic E-state index is 12.1. The first kappa shape index (κ1) is 15.0. The highest BCUT2D eigenvalue weighted by Gasteiger charge is 2.07. The molecule has 0 bridgehead atoms. The van der Waals surface area contributed by atoms with Gasteiger partial charge in [-0.05, 0) is 42.0 Å². The Morgan fingerprint density at radius 3 is 2.38 bits per heavy atom. The topological polar surface area (TPSA) is 66.4 Å². The van der Waals surface area contributed by atoms with Crippen molar-refractivity contribution in [2.45, 2.75) is 0 Å². The molecule has 2 N–H and O–H groups in total. The Bertz CT molecular complexity index is 693. The van der Waals surface area contributed by atoms with Crippen LogP contribution in [0.3, 0.4) is 0 Å². The molecule has 0 fully saturated rings. The zero-order chi connectivity index (χ0) is 15.2. The van der Waals surface area contributed by atoms with Gasteiger partial charge in [0.1, 0.15) is 0 Å². The number of hydrogen-bond donors (Lipinski definition) is 2. The molecule has 0 aromatic heterocycles. The molecular weight excluding hydrogens is 334 g/mol. The fourth-order valence-electron chi connectivity index (χ4n) is 1.71. The maximum atomic E-state index is 12.1. The Morgan fingerprint density at radius 2 is 1.71 bits per heavy atom. The standard InChI is InChI=1S/C16H12BrNO3/c17-13-8-5-12(6-9-13)16(21)18-14-4-2-1-3-11(14)7-10-15(19)20/h1-10H,(H,18,21)(H,19,20)/b10-7+. The highest BCUT2D eigenvalue weighted by Crippen LogP contribution is 2.18. The number of para-hydroxylation sites is 1. The van der Waals surface area contributed by atoms with Gasteiger partial charge in [-0.3, -0.25) is 4.79 Å². The summed E-state index contributed by atoms with van der Waals surface area (Å²) in [7, 11) is 0. The first-order chi connectivity index (χ1) is 10.1. The minimum Gasteiger partial charge on any atom is -0.478 e. The van der Waals surface area contributed by atoms with Gasteiger partial charge in [-0.25, -0.2) is 4.79 Å². The van der Waals surface area contributed by atoms with Crippen LogP contribution < -0.4 is 5.32 Å². The van der Waals surface area contributed by atoms with Gasteiger partial charge in [-0.2, -0.15) is 0 Å². The van der Waals surface area contributed by atoms with Crippen LogP contribution in [0.25, 0.3) is 6.08 Å². The van der Waals surface area contributed by atoms with Crippen molar-refractivity contribution in [1.82, 2.24) is 0 Å². The Balaban J connectivity index is 2.21. The molecule has 2 aromatic rings. The van der Waals surface area contributed by atoms with Crippen molar-refractivity contribution in [3.63, 3.8) is 0 Å². The van der Waals surface area contributed by atoms with Gasteiger partial charge in [0, 0.05) is 21.8 Å². The van der Waals surface area contributed by atoms with E-state index in [1.54, 1.807) is 48.5 Å². The highest BCUT2D eigenvalue weighted by atomic mass is 79.9. The molecule has 5 heteroatoms. The second kappa shape index (κ2) is 6.85. The molecule has 2 rings (SSSR count). The summed E-state index contributed by atoms with van der Waals surface area (Å²) in [6, 6.07) is 14.0. The lowest BCUT2D eigenvalue weighted by Gasteiger charge is -2.08. The second-order valence-electron chi connectivity index (χ2n) is 4.22. The number of aliphatic carboxylic acids is 1. The number of anilines is 1. The van der Waals surface area contributed by atoms with Crippen LogP contribution in [-0.4, -0.2) is 17.0 Å². The molecule has 0 aliphatic carbocycles. The first-order valence-electron chi connectivity index (χ1n) is 6.13. The molecule has 4 nitrogen and oxygen atoms in total. The van der Waals surface area contributed by atoms with E-state index in [4.69, 9.17) is 5.11 Å². The third-order valence-electron chi connectivity index (χ3n) is 2.72. The molecule has 0 atom stereocenters. The predicted molar refractivity (Wildman–Crippen MR) is 85.2 cm³/mol. The molecular formula is C16H12BrNO3. The number of nitrogens with one attached hydrogen (secondary N) is 1. The Hall–Kier alpha value is -2.40. The zero-order valence-electron chi connectivity index (χ0n) is 10.9. The van der Waals surface area contributed by atoms with Crippen LogP contribution in [0.5, 0.6) is 0 Å². The molecule has 106 valence electrons. The number of halogens is 1. The van der Waals surface area contributed by atoms with E-state index in [9.17, 15) is 9.59 Å². The molecule has 0 spiro atoms. The molecule has 21 heavy (non-hydrogen) atoms. The number of carbonyl (C=O) groups excluding carboxylic acids is 1. The monoisotopic (exact) mass is 345 g/mol. The van der Waals surface area contributed by atoms with Crippen LogP contribution in [0.1, 0.15) is 15.9 Å². The largest absolute Gasteiger partial charge is 0.478 e. The van der Waals surface area contributed by atoms with E-state index in [1.165, 1.54) is 6.08 Å². The number of carboxylic acid groups (broad SMARTS) is 1. The summed E-state index contributed by atoms with van der Waals surface area (Å²) in [4.78, 5) is 22.7. The van der Waals surface area contributed by atoms with E-state index in [0.717, 1.165) is 10.5 Å². The predicted octanol–water partition coefficient (Wildman–Crippen LogP) is 3.80. The molecule has 0 saturated heterocycles. The van der Waals surface area contributed by atoms with E-state index >= 15 is 0 Å². The fraction of sp³-hybridized carbons (Fsp3) is 0. The summed E-state index contributed by atoms with van der Waals surface area (Å²) in [5.41, 5.74) is 1.71. The number of carbonyl (C=O) groups is 2. The van der Waals surface area contributed by atoms with Gasteiger partial charge in [0.05, 0.1) is 0 Å². The lowest BCUT2D eigenvalue weighted by Crippen LogP contribution is -2.12. The molecule has 0 radical (unpaired) electrons. The summed E-state index contributed by atoms with van der Waals surface area (Å²) < 4.78 is 0.892. The van der Waals surface area contributed by atoms with Gasteiger partial charge in [-0.1, -0.05) is 34.1 Å². The van der Waals surface area contributed by atoms with Crippen LogP contribution >= 0.6 is 15.9 Å². The Morgan fingerprint density at radius 1 is 1.05 bits per heavy atom. The molecule has 0 unspecified atom stereocenters. The van der Waals surface area contributed by atoms with Gasteiger partial charge >= 0.3 is 5.97 Å². The summed E-state index contributed by atoms with van der Waals surface area (Å²) in [6.45, 7) is 0. The minimum atomic E-state index is -1.04. The molecule has 0 heterocycles. The summed E-state index contributed by atoms with van der Waals surface area (Å²) in [6.07, 6.45) is 2.48. The Kier molecular flexibility index (Phi) is 4.90. The van der Waals surface area contributed by atoms with E-state index in [0.29, 0.717) is 16.8 Å². The van der Waals surface area contributed by atoms with Crippen LogP contribution in [0, 0.1) is 0 Å². The number of amides is 1. The van der Waals surface area contributed by atoms with E-state index in [-0.39, 0.29) is 5.91 Å². The quantitative estimate of drug-likeness (QED) is 0.828. The number of hydrogen-bond acceptors (Lipinski definition) is 2. The minimum absolute atomic E-state index is 0.251. The molecule has 1 amide bonds. The average molecular weight is 346 g/mol. The van der Waals surface area contributed by atoms with Crippen LogP contribution in [0.4, 0.5) is 5.69 Å². The van der Waals surface area contributed by atoms with Gasteiger partial charge in [-0.15, -0.1) is 0 Å². The van der Waals surface area contributed by atoms with Crippen molar-refractivity contribution in [2.24, 2.45) is 0 Å². The summed E-state index contributed by atoms with van der Waals surface area (Å²) in [5.74, 6) is -1.29. The Labute approximate surface area is 130 Å². The van der Waals surface area contributed by atoms with Gasteiger partial charge in [0.25, 0.3) is 5.91 Å². The third-order valence-corrected chi connectivity index (χ3v) is 3.25. The number of rotatable bonds is 4. The van der Waals surface area contributed by atoms with Gasteiger partial charge in [0.15, 0.2) is 0 Å². The molecule has 2 aromatic carbocycles. The molecule has 0 aliphatic rings.